The number of carbonyl (C=O) groups excluding carboxylic acids is 1. The molecule has 1 aromatic rings. The third kappa shape index (κ3) is 2.02. The van der Waals surface area contributed by atoms with Crippen LogP contribution in [0, 0.1) is 11.8 Å². The van der Waals surface area contributed by atoms with Crippen molar-refractivity contribution in [1.29, 1.82) is 0 Å². The van der Waals surface area contributed by atoms with E-state index in [1.807, 2.05) is 0 Å². The minimum Gasteiger partial charge on any atom is -0.481 e. The van der Waals surface area contributed by atoms with Gasteiger partial charge in [-0.25, -0.2) is 5.10 Å². The Kier molecular flexibility index (Phi) is 2.84. The molecule has 16 heavy (non-hydrogen) atoms. The SMILES string of the molecule is O=C(O)C1CCCC1C(=O)Nc1ncn[nH]1. The molecule has 1 aromatic heterocycles. The van der Waals surface area contributed by atoms with Crippen LogP contribution in [0.15, 0.2) is 6.33 Å². The summed E-state index contributed by atoms with van der Waals surface area (Å²) in [7, 11) is 0. The number of aliphatic carboxylic acids is 1. The summed E-state index contributed by atoms with van der Waals surface area (Å²) in [5, 5.41) is 17.5. The van der Waals surface area contributed by atoms with Crippen molar-refractivity contribution in [3.05, 3.63) is 6.33 Å². The van der Waals surface area contributed by atoms with Gasteiger partial charge < -0.3 is 5.11 Å². The zero-order chi connectivity index (χ0) is 11.5. The summed E-state index contributed by atoms with van der Waals surface area (Å²) in [6.45, 7) is 0. The van der Waals surface area contributed by atoms with Gasteiger partial charge in [-0.05, 0) is 12.8 Å². The van der Waals surface area contributed by atoms with Crippen molar-refractivity contribution in [2.45, 2.75) is 19.3 Å². The molecule has 1 heterocycles. The fourth-order valence-corrected chi connectivity index (χ4v) is 2.04. The number of rotatable bonds is 3. The Morgan fingerprint density at radius 3 is 2.81 bits per heavy atom. The number of amides is 1. The minimum absolute atomic E-state index is 0.251. The van der Waals surface area contributed by atoms with Crippen molar-refractivity contribution in [2.75, 3.05) is 5.32 Å². The minimum atomic E-state index is -0.907. The molecule has 0 radical (unpaired) electrons. The van der Waals surface area contributed by atoms with Crippen molar-refractivity contribution in [2.24, 2.45) is 11.8 Å². The molecule has 1 aliphatic rings. The number of hydrogen-bond donors (Lipinski definition) is 3. The maximum absolute atomic E-state index is 11.8. The van der Waals surface area contributed by atoms with Crippen molar-refractivity contribution >= 4 is 17.8 Å². The number of anilines is 1. The first-order valence-corrected chi connectivity index (χ1v) is 5.07. The number of aromatic amines is 1. The molecule has 0 aromatic carbocycles. The van der Waals surface area contributed by atoms with Gasteiger partial charge in [0, 0.05) is 0 Å². The van der Waals surface area contributed by atoms with Crippen LogP contribution in [-0.2, 0) is 9.59 Å². The highest BCUT2D eigenvalue weighted by Crippen LogP contribution is 2.32. The van der Waals surface area contributed by atoms with Crippen LogP contribution in [0.5, 0.6) is 0 Å². The number of nitrogens with one attached hydrogen (secondary N) is 2. The second kappa shape index (κ2) is 4.30. The van der Waals surface area contributed by atoms with Gasteiger partial charge in [0.1, 0.15) is 6.33 Å². The maximum Gasteiger partial charge on any atom is 0.307 e. The molecule has 0 spiro atoms. The number of hydrogen-bond acceptors (Lipinski definition) is 4. The molecule has 1 saturated carbocycles. The normalized spacial score (nSPS) is 24.2. The number of carboxylic acid groups (broad SMARTS) is 1. The Morgan fingerprint density at radius 2 is 2.19 bits per heavy atom. The van der Waals surface area contributed by atoms with Crippen LogP contribution in [-0.4, -0.2) is 32.2 Å². The Morgan fingerprint density at radius 1 is 1.44 bits per heavy atom. The molecule has 3 N–H and O–H groups in total. The molecule has 1 fully saturated rings. The van der Waals surface area contributed by atoms with Gasteiger partial charge in [-0.1, -0.05) is 6.42 Å². The lowest BCUT2D eigenvalue weighted by atomic mass is 9.95. The molecule has 0 saturated heterocycles. The molecular weight excluding hydrogens is 212 g/mol. The van der Waals surface area contributed by atoms with Crippen LogP contribution < -0.4 is 5.32 Å². The molecule has 86 valence electrons. The topological polar surface area (TPSA) is 108 Å². The summed E-state index contributed by atoms with van der Waals surface area (Å²) in [5.41, 5.74) is 0. The van der Waals surface area contributed by atoms with Crippen molar-refractivity contribution in [1.82, 2.24) is 15.2 Å². The Bertz CT molecular complexity index is 389. The summed E-state index contributed by atoms with van der Waals surface area (Å²) in [6, 6.07) is 0. The molecule has 7 heteroatoms. The first-order chi connectivity index (χ1) is 7.68. The van der Waals surface area contributed by atoms with E-state index in [0.717, 1.165) is 6.42 Å². The van der Waals surface area contributed by atoms with Gasteiger partial charge in [0.25, 0.3) is 0 Å². The van der Waals surface area contributed by atoms with E-state index in [1.165, 1.54) is 6.33 Å². The molecule has 2 rings (SSSR count). The molecule has 2 atom stereocenters. The predicted molar refractivity (Wildman–Crippen MR) is 53.5 cm³/mol. The second-order valence-electron chi connectivity index (χ2n) is 3.81. The molecule has 0 aliphatic heterocycles. The Hall–Kier alpha value is -1.92. The van der Waals surface area contributed by atoms with Crippen LogP contribution in [0.2, 0.25) is 0 Å². The van der Waals surface area contributed by atoms with Crippen LogP contribution in [0.1, 0.15) is 19.3 Å². The summed E-state index contributed by atoms with van der Waals surface area (Å²) < 4.78 is 0. The van der Waals surface area contributed by atoms with Gasteiger partial charge in [-0.2, -0.15) is 10.1 Å². The van der Waals surface area contributed by atoms with E-state index in [0.29, 0.717) is 12.8 Å². The lowest BCUT2D eigenvalue weighted by Crippen LogP contribution is -2.30. The van der Waals surface area contributed by atoms with Gasteiger partial charge in [0.2, 0.25) is 11.9 Å². The highest BCUT2D eigenvalue weighted by Gasteiger charge is 2.37. The van der Waals surface area contributed by atoms with Gasteiger partial charge >= 0.3 is 5.97 Å². The summed E-state index contributed by atoms with van der Waals surface area (Å²) in [4.78, 5) is 26.4. The zero-order valence-electron chi connectivity index (χ0n) is 8.51. The third-order valence-electron chi connectivity index (χ3n) is 2.83. The van der Waals surface area contributed by atoms with E-state index in [9.17, 15) is 9.59 Å². The summed E-state index contributed by atoms with van der Waals surface area (Å²) >= 11 is 0. The van der Waals surface area contributed by atoms with E-state index in [2.05, 4.69) is 20.5 Å². The molecular formula is C9H12N4O3. The summed E-state index contributed by atoms with van der Waals surface area (Å²) in [5.74, 6) is -2.01. The maximum atomic E-state index is 11.8. The first-order valence-electron chi connectivity index (χ1n) is 5.07. The lowest BCUT2D eigenvalue weighted by molar-refractivity contribution is -0.145. The van der Waals surface area contributed by atoms with Crippen molar-refractivity contribution in [3.8, 4) is 0 Å². The molecule has 1 amide bonds. The van der Waals surface area contributed by atoms with Crippen LogP contribution in [0.4, 0.5) is 5.95 Å². The van der Waals surface area contributed by atoms with Crippen LogP contribution >= 0.6 is 0 Å². The van der Waals surface area contributed by atoms with Crippen LogP contribution in [0.3, 0.4) is 0 Å². The predicted octanol–water partition coefficient (Wildman–Crippen LogP) is 0.244. The van der Waals surface area contributed by atoms with Crippen LogP contribution in [0.25, 0.3) is 0 Å². The fourth-order valence-electron chi connectivity index (χ4n) is 2.04. The smallest absolute Gasteiger partial charge is 0.307 e. The average Bonchev–Trinajstić information content (AvgIpc) is 2.86. The zero-order valence-corrected chi connectivity index (χ0v) is 8.51. The Labute approximate surface area is 91.3 Å². The standard InChI is InChI=1S/C9H12N4O3/c14-7(12-9-10-4-11-13-9)5-2-1-3-6(5)8(15)16/h4-6H,1-3H2,(H,15,16)(H2,10,11,12,13,14). The van der Waals surface area contributed by atoms with Gasteiger partial charge in [-0.15, -0.1) is 0 Å². The highest BCUT2D eigenvalue weighted by molar-refractivity contribution is 5.94. The van der Waals surface area contributed by atoms with Gasteiger partial charge in [0.05, 0.1) is 11.8 Å². The highest BCUT2D eigenvalue weighted by atomic mass is 16.4. The number of nitrogens with zero attached hydrogens (tertiary/aromatic N) is 2. The molecule has 0 bridgehead atoms. The first kappa shape index (κ1) is 10.6. The molecule has 7 nitrogen and oxygen atoms in total. The molecule has 2 unspecified atom stereocenters. The lowest BCUT2D eigenvalue weighted by Gasteiger charge is -2.13. The van der Waals surface area contributed by atoms with E-state index in [-0.39, 0.29) is 11.9 Å². The third-order valence-corrected chi connectivity index (χ3v) is 2.83. The second-order valence-corrected chi connectivity index (χ2v) is 3.81. The monoisotopic (exact) mass is 224 g/mol. The number of carbonyl (C=O) groups is 2. The quantitative estimate of drug-likeness (QED) is 0.681. The number of carboxylic acids is 1. The van der Waals surface area contributed by atoms with E-state index in [1.54, 1.807) is 0 Å². The van der Waals surface area contributed by atoms with Gasteiger partial charge in [0.15, 0.2) is 0 Å². The fraction of sp³-hybridized carbons (Fsp3) is 0.556. The molecule has 1 aliphatic carbocycles. The van der Waals surface area contributed by atoms with E-state index < -0.39 is 17.8 Å². The van der Waals surface area contributed by atoms with Crippen molar-refractivity contribution in [3.63, 3.8) is 0 Å². The number of H-pyrrole nitrogens is 1. The van der Waals surface area contributed by atoms with E-state index >= 15 is 0 Å². The largest absolute Gasteiger partial charge is 0.481 e. The summed E-state index contributed by atoms with van der Waals surface area (Å²) in [6.07, 6.45) is 3.21. The average molecular weight is 224 g/mol. The Balaban J connectivity index is 2.01. The van der Waals surface area contributed by atoms with Gasteiger partial charge in [-0.3, -0.25) is 14.9 Å². The number of aromatic nitrogens is 3. The van der Waals surface area contributed by atoms with E-state index in [4.69, 9.17) is 5.11 Å². The van der Waals surface area contributed by atoms with Crippen molar-refractivity contribution < 1.29 is 14.7 Å².